The van der Waals surface area contributed by atoms with Crippen LogP contribution in [0.25, 0.3) is 0 Å². The summed E-state index contributed by atoms with van der Waals surface area (Å²) < 4.78 is 18.3. The standard InChI is InChI=1S/C21H38N4O4/c1-15-18(23-14-24(5)19(15)28-16-6-10-22-11-7-16)27-17-8-12-25(13-9-17)20(26)29-21(2,3)4/h14,16-17,19-20,22,26H,6-13H2,1-5H3. The molecule has 2 atom stereocenters. The van der Waals surface area contributed by atoms with Gasteiger partial charge in [-0.15, -0.1) is 0 Å². The lowest BCUT2D eigenvalue weighted by Gasteiger charge is -2.38. The number of aliphatic hydroxyl groups is 1. The van der Waals surface area contributed by atoms with Crippen LogP contribution in [0.15, 0.2) is 16.4 Å². The summed E-state index contributed by atoms with van der Waals surface area (Å²) in [6, 6.07) is 0. The Morgan fingerprint density at radius 2 is 1.79 bits per heavy atom. The van der Waals surface area contributed by atoms with Gasteiger partial charge in [0.15, 0.2) is 6.23 Å². The zero-order valence-corrected chi connectivity index (χ0v) is 18.6. The molecule has 0 aromatic heterocycles. The first-order valence-electron chi connectivity index (χ1n) is 10.8. The minimum atomic E-state index is -0.874. The predicted octanol–water partition coefficient (Wildman–Crippen LogP) is 1.86. The van der Waals surface area contributed by atoms with Gasteiger partial charge in [-0.25, -0.2) is 4.99 Å². The molecule has 29 heavy (non-hydrogen) atoms. The molecule has 3 aliphatic rings. The van der Waals surface area contributed by atoms with Gasteiger partial charge in [-0.1, -0.05) is 0 Å². The monoisotopic (exact) mass is 410 g/mol. The molecule has 3 heterocycles. The molecule has 166 valence electrons. The van der Waals surface area contributed by atoms with Crippen molar-refractivity contribution < 1.29 is 19.3 Å². The van der Waals surface area contributed by atoms with E-state index < -0.39 is 6.41 Å². The second kappa shape index (κ2) is 9.75. The number of aliphatic imine (C=N–C) groups is 1. The van der Waals surface area contributed by atoms with Gasteiger partial charge in [-0.3, -0.25) is 4.90 Å². The fourth-order valence-electron chi connectivity index (χ4n) is 3.92. The Bertz CT molecular complexity index is 590. The molecule has 2 fully saturated rings. The van der Waals surface area contributed by atoms with Crippen LogP contribution in [0, 0.1) is 0 Å². The van der Waals surface area contributed by atoms with Gasteiger partial charge in [-0.05, 0) is 66.5 Å². The van der Waals surface area contributed by atoms with Gasteiger partial charge in [-0.2, -0.15) is 0 Å². The third-order valence-corrected chi connectivity index (χ3v) is 5.57. The lowest BCUT2D eigenvalue weighted by Crippen LogP contribution is -2.47. The molecule has 8 heteroatoms. The van der Waals surface area contributed by atoms with Gasteiger partial charge >= 0.3 is 0 Å². The van der Waals surface area contributed by atoms with Crippen molar-refractivity contribution in [2.75, 3.05) is 33.2 Å². The van der Waals surface area contributed by atoms with Gasteiger partial charge < -0.3 is 29.5 Å². The fourth-order valence-corrected chi connectivity index (χ4v) is 3.92. The summed E-state index contributed by atoms with van der Waals surface area (Å²) in [5, 5.41) is 13.7. The van der Waals surface area contributed by atoms with E-state index in [2.05, 4.69) is 10.3 Å². The van der Waals surface area contributed by atoms with Crippen LogP contribution in [0.5, 0.6) is 0 Å². The molecular formula is C21H38N4O4. The van der Waals surface area contributed by atoms with Crippen LogP contribution in [0.4, 0.5) is 0 Å². The summed E-state index contributed by atoms with van der Waals surface area (Å²) >= 11 is 0. The number of hydrogen-bond donors (Lipinski definition) is 2. The van der Waals surface area contributed by atoms with Gasteiger partial charge in [0.2, 0.25) is 12.3 Å². The molecule has 0 bridgehead atoms. The van der Waals surface area contributed by atoms with Crippen molar-refractivity contribution in [2.45, 2.75) is 83.8 Å². The van der Waals surface area contributed by atoms with E-state index in [4.69, 9.17) is 14.2 Å². The van der Waals surface area contributed by atoms with E-state index in [0.717, 1.165) is 57.4 Å². The van der Waals surface area contributed by atoms with Gasteiger partial charge in [0, 0.05) is 25.7 Å². The van der Waals surface area contributed by atoms with E-state index in [1.165, 1.54) is 0 Å². The molecule has 0 aromatic rings. The summed E-state index contributed by atoms with van der Waals surface area (Å²) in [6.45, 7) is 11.4. The average molecular weight is 411 g/mol. The van der Waals surface area contributed by atoms with Crippen molar-refractivity contribution in [1.29, 1.82) is 0 Å². The Kier molecular flexibility index (Phi) is 7.56. The molecule has 8 nitrogen and oxygen atoms in total. The third-order valence-electron chi connectivity index (χ3n) is 5.57. The van der Waals surface area contributed by atoms with Crippen molar-refractivity contribution in [3.8, 4) is 0 Å². The van der Waals surface area contributed by atoms with Crippen LogP contribution in [-0.4, -0.2) is 84.9 Å². The summed E-state index contributed by atoms with van der Waals surface area (Å²) in [7, 11) is 1.99. The minimum Gasteiger partial charge on any atom is -0.474 e. The molecule has 3 aliphatic heterocycles. The summed E-state index contributed by atoms with van der Waals surface area (Å²) in [5.74, 6) is 0.673. The average Bonchev–Trinajstić information content (AvgIpc) is 2.67. The molecule has 0 aromatic carbocycles. The Hall–Kier alpha value is -1.19. The summed E-state index contributed by atoms with van der Waals surface area (Å²) in [4.78, 5) is 8.47. The first kappa shape index (κ1) is 22.5. The van der Waals surface area contributed by atoms with Gasteiger partial charge in [0.1, 0.15) is 6.10 Å². The number of likely N-dealkylation sites (N-methyl/N-ethyl adjacent to an activating group) is 1. The number of nitrogens with one attached hydrogen (secondary N) is 1. The van der Waals surface area contributed by atoms with E-state index in [9.17, 15) is 5.11 Å². The number of hydrogen-bond acceptors (Lipinski definition) is 8. The molecule has 2 saturated heterocycles. The molecule has 0 radical (unpaired) electrons. The largest absolute Gasteiger partial charge is 0.474 e. The topological polar surface area (TPSA) is 78.8 Å². The SMILES string of the molecule is CC1=C(OC2CCN(C(O)OC(C)(C)C)CC2)N=CN(C)C1OC1CCNCC1. The van der Waals surface area contributed by atoms with E-state index in [-0.39, 0.29) is 24.0 Å². The zero-order valence-electron chi connectivity index (χ0n) is 18.6. The number of likely N-dealkylation sites (tertiary alicyclic amines) is 1. The summed E-state index contributed by atoms with van der Waals surface area (Å²) in [6.07, 6.45) is 4.85. The number of rotatable bonds is 6. The number of aliphatic hydroxyl groups excluding tert-OH is 1. The van der Waals surface area contributed by atoms with Crippen molar-refractivity contribution in [2.24, 2.45) is 4.99 Å². The van der Waals surface area contributed by atoms with Crippen LogP contribution < -0.4 is 5.32 Å². The highest BCUT2D eigenvalue weighted by Gasteiger charge is 2.31. The molecule has 0 saturated carbocycles. The number of ether oxygens (including phenoxy) is 3. The maximum Gasteiger partial charge on any atom is 0.218 e. The van der Waals surface area contributed by atoms with Crippen molar-refractivity contribution >= 4 is 6.34 Å². The second-order valence-corrected chi connectivity index (χ2v) is 9.25. The highest BCUT2D eigenvalue weighted by Crippen LogP contribution is 2.27. The zero-order chi connectivity index (χ0) is 21.0. The highest BCUT2D eigenvalue weighted by atomic mass is 16.6. The van der Waals surface area contributed by atoms with Crippen LogP contribution in [0.1, 0.15) is 53.4 Å². The molecule has 0 spiro atoms. The Labute approximate surface area is 174 Å². The first-order valence-corrected chi connectivity index (χ1v) is 10.8. The Morgan fingerprint density at radius 1 is 1.14 bits per heavy atom. The lowest BCUT2D eigenvalue weighted by atomic mass is 10.1. The van der Waals surface area contributed by atoms with Crippen LogP contribution >= 0.6 is 0 Å². The molecule has 0 amide bonds. The molecule has 2 N–H and O–H groups in total. The van der Waals surface area contributed by atoms with E-state index in [1.807, 2.05) is 44.5 Å². The number of nitrogens with zero attached hydrogens (tertiary/aromatic N) is 3. The second-order valence-electron chi connectivity index (χ2n) is 9.25. The first-order chi connectivity index (χ1) is 13.7. The molecular weight excluding hydrogens is 372 g/mol. The fraction of sp³-hybridized carbons (Fsp3) is 0.857. The third kappa shape index (κ3) is 6.39. The summed E-state index contributed by atoms with van der Waals surface area (Å²) in [5.41, 5.74) is 0.646. The molecule has 0 aliphatic carbocycles. The maximum atomic E-state index is 10.3. The van der Waals surface area contributed by atoms with E-state index >= 15 is 0 Å². The molecule has 3 rings (SSSR count). The van der Waals surface area contributed by atoms with Crippen LogP contribution in [-0.2, 0) is 14.2 Å². The van der Waals surface area contributed by atoms with E-state index in [1.54, 1.807) is 6.34 Å². The lowest BCUT2D eigenvalue weighted by molar-refractivity contribution is -0.244. The van der Waals surface area contributed by atoms with Crippen molar-refractivity contribution in [1.82, 2.24) is 15.1 Å². The van der Waals surface area contributed by atoms with Crippen LogP contribution in [0.3, 0.4) is 0 Å². The predicted molar refractivity (Wildman–Crippen MR) is 112 cm³/mol. The normalized spacial score (nSPS) is 26.8. The quantitative estimate of drug-likeness (QED) is 0.647. The highest BCUT2D eigenvalue weighted by molar-refractivity contribution is 5.59. The van der Waals surface area contributed by atoms with Crippen molar-refractivity contribution in [3.63, 3.8) is 0 Å². The van der Waals surface area contributed by atoms with E-state index in [0.29, 0.717) is 5.88 Å². The van der Waals surface area contributed by atoms with Crippen LogP contribution in [0.2, 0.25) is 0 Å². The minimum absolute atomic E-state index is 0.0816. The van der Waals surface area contributed by atoms with Gasteiger partial charge in [0.25, 0.3) is 0 Å². The Balaban J connectivity index is 1.53. The maximum absolute atomic E-state index is 10.3. The smallest absolute Gasteiger partial charge is 0.218 e. The van der Waals surface area contributed by atoms with Gasteiger partial charge in [0.05, 0.1) is 18.0 Å². The van der Waals surface area contributed by atoms with Crippen molar-refractivity contribution in [3.05, 3.63) is 11.5 Å². The number of piperidine rings is 2. The molecule has 2 unspecified atom stereocenters. The Morgan fingerprint density at radius 3 is 2.41 bits per heavy atom.